The summed E-state index contributed by atoms with van der Waals surface area (Å²) in [6.07, 6.45) is 1.56. The second-order valence-electron chi connectivity index (χ2n) is 8.37. The Morgan fingerprint density at radius 1 is 1.09 bits per heavy atom. The molecule has 1 atom stereocenters. The molecule has 1 aliphatic rings. The first-order valence-electron chi connectivity index (χ1n) is 11.1. The molecule has 9 heteroatoms. The Labute approximate surface area is 194 Å². The molecule has 1 fully saturated rings. The highest BCUT2D eigenvalue weighted by molar-refractivity contribution is 7.88. The molecule has 1 aliphatic heterocycles. The Morgan fingerprint density at radius 2 is 1.73 bits per heavy atom. The van der Waals surface area contributed by atoms with E-state index >= 15 is 0 Å². The highest BCUT2D eigenvalue weighted by Crippen LogP contribution is 2.24. The minimum absolute atomic E-state index is 0.0162. The van der Waals surface area contributed by atoms with Crippen molar-refractivity contribution in [2.75, 3.05) is 18.4 Å². The van der Waals surface area contributed by atoms with Crippen molar-refractivity contribution in [1.29, 1.82) is 0 Å². The van der Waals surface area contributed by atoms with Crippen LogP contribution in [-0.4, -0.2) is 43.7 Å². The topological polar surface area (TPSA) is 95.6 Å². The molecule has 0 unspecified atom stereocenters. The highest BCUT2D eigenvalue weighted by atomic mass is 32.2. The largest absolute Gasteiger partial charge is 0.350 e. The fourth-order valence-corrected chi connectivity index (χ4v) is 5.27. The predicted octanol–water partition coefficient (Wildman–Crippen LogP) is 3.53. The molecule has 33 heavy (non-hydrogen) atoms. The van der Waals surface area contributed by atoms with Gasteiger partial charge in [-0.2, -0.15) is 0 Å². The number of carbonyl (C=O) groups excluding carboxylic acids is 2. The van der Waals surface area contributed by atoms with E-state index in [1.54, 1.807) is 24.3 Å². The average molecular weight is 476 g/mol. The standard InChI is InChI=1S/C24H30FN3O4S/c1-3-17(2)26-24(30)21-6-4-5-7-22(21)27-23(29)19-12-14-28(15-13-19)33(31,32)16-18-8-10-20(25)11-9-18/h4-11,17,19H,3,12-16H2,1-2H3,(H,26,30)(H,27,29)/t17-/m1/s1. The van der Waals surface area contributed by atoms with E-state index in [4.69, 9.17) is 0 Å². The molecule has 2 aromatic carbocycles. The van der Waals surface area contributed by atoms with Crippen molar-refractivity contribution >= 4 is 27.5 Å². The van der Waals surface area contributed by atoms with E-state index in [9.17, 15) is 22.4 Å². The van der Waals surface area contributed by atoms with Crippen molar-refractivity contribution in [2.45, 2.75) is 44.9 Å². The predicted molar refractivity (Wildman–Crippen MR) is 126 cm³/mol. The summed E-state index contributed by atoms with van der Waals surface area (Å²) in [4.78, 5) is 25.4. The lowest BCUT2D eigenvalue weighted by molar-refractivity contribution is -0.120. The lowest BCUT2D eigenvalue weighted by atomic mass is 9.97. The second kappa shape index (κ2) is 10.9. The summed E-state index contributed by atoms with van der Waals surface area (Å²) >= 11 is 0. The van der Waals surface area contributed by atoms with Crippen LogP contribution in [0.5, 0.6) is 0 Å². The number of hydrogen-bond donors (Lipinski definition) is 2. The van der Waals surface area contributed by atoms with Gasteiger partial charge in [0.15, 0.2) is 0 Å². The number of para-hydroxylation sites is 1. The van der Waals surface area contributed by atoms with Crippen LogP contribution < -0.4 is 10.6 Å². The summed E-state index contributed by atoms with van der Waals surface area (Å²) in [6.45, 7) is 4.36. The number of anilines is 1. The number of halogens is 1. The molecule has 2 N–H and O–H groups in total. The van der Waals surface area contributed by atoms with Gasteiger partial charge in [-0.25, -0.2) is 17.1 Å². The number of benzene rings is 2. The van der Waals surface area contributed by atoms with Crippen molar-refractivity contribution in [3.63, 3.8) is 0 Å². The van der Waals surface area contributed by atoms with Crippen LogP contribution in [0.4, 0.5) is 10.1 Å². The fraction of sp³-hybridized carbons (Fsp3) is 0.417. The van der Waals surface area contributed by atoms with Gasteiger partial charge in [0, 0.05) is 25.0 Å². The Morgan fingerprint density at radius 3 is 2.36 bits per heavy atom. The second-order valence-corrected chi connectivity index (χ2v) is 10.3. The van der Waals surface area contributed by atoms with Gasteiger partial charge in [0.1, 0.15) is 5.82 Å². The summed E-state index contributed by atoms with van der Waals surface area (Å²) in [5.41, 5.74) is 1.35. The van der Waals surface area contributed by atoms with Crippen LogP contribution in [0.3, 0.4) is 0 Å². The minimum Gasteiger partial charge on any atom is -0.350 e. The summed E-state index contributed by atoms with van der Waals surface area (Å²) in [7, 11) is -3.56. The molecule has 0 aliphatic carbocycles. The maximum absolute atomic E-state index is 13.1. The molecule has 1 heterocycles. The Balaban J connectivity index is 1.59. The van der Waals surface area contributed by atoms with Gasteiger partial charge in [0.25, 0.3) is 5.91 Å². The van der Waals surface area contributed by atoms with Crippen LogP contribution in [0.25, 0.3) is 0 Å². The molecule has 7 nitrogen and oxygen atoms in total. The molecular formula is C24H30FN3O4S. The van der Waals surface area contributed by atoms with Crippen LogP contribution in [-0.2, 0) is 20.6 Å². The van der Waals surface area contributed by atoms with E-state index in [0.717, 1.165) is 6.42 Å². The maximum Gasteiger partial charge on any atom is 0.253 e. The summed E-state index contributed by atoms with van der Waals surface area (Å²) in [5.74, 6) is -1.45. The third kappa shape index (κ3) is 6.61. The Bertz CT molecular complexity index is 1080. The lowest BCUT2D eigenvalue weighted by Crippen LogP contribution is -2.42. The molecule has 2 aromatic rings. The van der Waals surface area contributed by atoms with Crippen molar-refractivity contribution in [3.8, 4) is 0 Å². The molecule has 3 rings (SSSR count). The fourth-order valence-electron chi connectivity index (χ4n) is 3.71. The van der Waals surface area contributed by atoms with E-state index in [2.05, 4.69) is 10.6 Å². The van der Waals surface area contributed by atoms with Crippen LogP contribution in [0.15, 0.2) is 48.5 Å². The highest BCUT2D eigenvalue weighted by Gasteiger charge is 2.31. The SMILES string of the molecule is CC[C@@H](C)NC(=O)c1ccccc1NC(=O)C1CCN(S(=O)(=O)Cc2ccc(F)cc2)CC1. The molecule has 0 spiro atoms. The van der Waals surface area contributed by atoms with Crippen LogP contribution in [0.1, 0.15) is 49.0 Å². The van der Waals surface area contributed by atoms with Crippen molar-refractivity contribution in [1.82, 2.24) is 9.62 Å². The van der Waals surface area contributed by atoms with Crippen molar-refractivity contribution < 1.29 is 22.4 Å². The van der Waals surface area contributed by atoms with E-state index < -0.39 is 15.8 Å². The van der Waals surface area contributed by atoms with Gasteiger partial charge in [0.2, 0.25) is 15.9 Å². The van der Waals surface area contributed by atoms with Crippen LogP contribution in [0, 0.1) is 11.7 Å². The van der Waals surface area contributed by atoms with Gasteiger partial charge in [0.05, 0.1) is 17.0 Å². The van der Waals surface area contributed by atoms with Crippen LogP contribution >= 0.6 is 0 Å². The third-order valence-corrected chi connectivity index (χ3v) is 7.75. The van der Waals surface area contributed by atoms with E-state index in [0.29, 0.717) is 29.7 Å². The Hall–Kier alpha value is -2.78. The van der Waals surface area contributed by atoms with Crippen LogP contribution in [0.2, 0.25) is 0 Å². The normalized spacial score (nSPS) is 16.2. The van der Waals surface area contributed by atoms with Crippen molar-refractivity contribution in [2.24, 2.45) is 5.92 Å². The first kappa shape index (κ1) is 24.9. The number of piperidine rings is 1. The Kier molecular flexibility index (Phi) is 8.20. The van der Waals surface area contributed by atoms with E-state index in [1.807, 2.05) is 13.8 Å². The van der Waals surface area contributed by atoms with Gasteiger partial charge < -0.3 is 10.6 Å². The number of rotatable bonds is 8. The summed E-state index contributed by atoms with van der Waals surface area (Å²) in [6, 6.07) is 12.3. The quantitative estimate of drug-likeness (QED) is 0.611. The zero-order valence-electron chi connectivity index (χ0n) is 18.9. The minimum atomic E-state index is -3.56. The summed E-state index contributed by atoms with van der Waals surface area (Å²) < 4.78 is 39.9. The van der Waals surface area contributed by atoms with E-state index in [-0.39, 0.29) is 42.6 Å². The smallest absolute Gasteiger partial charge is 0.253 e. The monoisotopic (exact) mass is 475 g/mol. The van der Waals surface area contributed by atoms with Gasteiger partial charge in [-0.15, -0.1) is 0 Å². The van der Waals surface area contributed by atoms with Gasteiger partial charge >= 0.3 is 0 Å². The first-order chi connectivity index (χ1) is 15.7. The molecular weight excluding hydrogens is 445 g/mol. The number of nitrogens with one attached hydrogen (secondary N) is 2. The zero-order chi connectivity index (χ0) is 24.0. The lowest BCUT2D eigenvalue weighted by Gasteiger charge is -2.30. The van der Waals surface area contributed by atoms with Gasteiger partial charge in [-0.1, -0.05) is 31.2 Å². The third-order valence-electron chi connectivity index (χ3n) is 5.90. The number of amides is 2. The molecule has 2 amide bonds. The number of sulfonamides is 1. The molecule has 0 saturated carbocycles. The average Bonchev–Trinajstić information content (AvgIpc) is 2.80. The molecule has 178 valence electrons. The van der Waals surface area contributed by atoms with Gasteiger partial charge in [-0.05, 0) is 56.0 Å². The van der Waals surface area contributed by atoms with Crippen molar-refractivity contribution in [3.05, 3.63) is 65.5 Å². The molecule has 0 aromatic heterocycles. The zero-order valence-corrected chi connectivity index (χ0v) is 19.7. The summed E-state index contributed by atoms with van der Waals surface area (Å²) in [5, 5.41) is 5.75. The molecule has 1 saturated heterocycles. The maximum atomic E-state index is 13.1. The number of nitrogens with zero attached hydrogens (tertiary/aromatic N) is 1. The number of hydrogen-bond acceptors (Lipinski definition) is 4. The molecule has 0 bridgehead atoms. The van der Waals surface area contributed by atoms with E-state index in [1.165, 1.54) is 28.6 Å². The molecule has 0 radical (unpaired) electrons. The first-order valence-corrected chi connectivity index (χ1v) is 12.7. The number of carbonyl (C=O) groups is 2. The van der Waals surface area contributed by atoms with Gasteiger partial charge in [-0.3, -0.25) is 9.59 Å².